The normalized spacial score (nSPS) is 10.3. The molecular weight excluding hydrogens is 296 g/mol. The van der Waals surface area contributed by atoms with Crippen LogP contribution in [0.1, 0.15) is 17.3 Å². The number of hydrogen-bond acceptors (Lipinski definition) is 4. The molecule has 0 saturated heterocycles. The van der Waals surface area contributed by atoms with E-state index < -0.39 is 5.97 Å². The summed E-state index contributed by atoms with van der Waals surface area (Å²) in [5.74, 6) is -0.212. The first-order chi connectivity index (χ1) is 9.60. The second-order valence-corrected chi connectivity index (χ2v) is 5.52. The lowest BCUT2D eigenvalue weighted by atomic mass is 10.2. The van der Waals surface area contributed by atoms with Gasteiger partial charge in [-0.2, -0.15) is 0 Å². The number of aromatic hydroxyl groups is 1. The molecule has 0 spiro atoms. The summed E-state index contributed by atoms with van der Waals surface area (Å²) in [6, 6.07) is 12.1. The highest BCUT2D eigenvalue weighted by molar-refractivity contribution is 7.99. The number of phenols is 1. The molecule has 3 nitrogen and oxygen atoms in total. The molecule has 0 aliphatic heterocycles. The molecule has 2 rings (SSSR count). The van der Waals surface area contributed by atoms with E-state index in [0.29, 0.717) is 17.2 Å². The van der Waals surface area contributed by atoms with Crippen molar-refractivity contribution in [2.75, 3.05) is 6.61 Å². The number of carbonyl (C=O) groups is 1. The van der Waals surface area contributed by atoms with Gasteiger partial charge in [0.2, 0.25) is 0 Å². The topological polar surface area (TPSA) is 46.5 Å². The summed E-state index contributed by atoms with van der Waals surface area (Å²) in [5, 5.41) is 9.78. The highest BCUT2D eigenvalue weighted by Gasteiger charge is 2.12. The Morgan fingerprint density at radius 1 is 1.25 bits per heavy atom. The van der Waals surface area contributed by atoms with E-state index in [1.54, 1.807) is 43.3 Å². The third-order valence-corrected chi connectivity index (χ3v) is 3.78. The van der Waals surface area contributed by atoms with E-state index in [-0.39, 0.29) is 5.75 Å². The van der Waals surface area contributed by atoms with Gasteiger partial charge in [0.15, 0.2) is 0 Å². The molecule has 0 bridgehead atoms. The molecule has 0 aliphatic carbocycles. The van der Waals surface area contributed by atoms with Gasteiger partial charge in [-0.3, -0.25) is 0 Å². The Morgan fingerprint density at radius 3 is 2.65 bits per heavy atom. The second-order valence-electron chi connectivity index (χ2n) is 3.96. The molecule has 0 fully saturated rings. The summed E-state index contributed by atoms with van der Waals surface area (Å²) in [7, 11) is 0. The Bertz CT molecular complexity index is 628. The van der Waals surface area contributed by atoms with Gasteiger partial charge < -0.3 is 9.84 Å². The van der Waals surface area contributed by atoms with Crippen LogP contribution in [0.3, 0.4) is 0 Å². The van der Waals surface area contributed by atoms with Crippen LogP contribution in [0.2, 0.25) is 5.02 Å². The largest absolute Gasteiger partial charge is 0.508 e. The lowest BCUT2D eigenvalue weighted by Gasteiger charge is -2.07. The Balaban J connectivity index is 2.19. The van der Waals surface area contributed by atoms with Gasteiger partial charge in [-0.05, 0) is 43.3 Å². The summed E-state index contributed by atoms with van der Waals surface area (Å²) in [4.78, 5) is 13.4. The fourth-order valence-electron chi connectivity index (χ4n) is 1.62. The molecular formula is C15H13ClO3S. The van der Waals surface area contributed by atoms with E-state index in [2.05, 4.69) is 0 Å². The van der Waals surface area contributed by atoms with Crippen molar-refractivity contribution in [2.45, 2.75) is 16.7 Å². The molecule has 20 heavy (non-hydrogen) atoms. The van der Waals surface area contributed by atoms with Crippen molar-refractivity contribution in [1.29, 1.82) is 0 Å². The number of esters is 1. The van der Waals surface area contributed by atoms with Gasteiger partial charge in [0.25, 0.3) is 0 Å². The highest BCUT2D eigenvalue weighted by Crippen LogP contribution is 2.32. The predicted molar refractivity (Wildman–Crippen MR) is 79.6 cm³/mol. The number of phenolic OH excluding ortho intramolecular Hbond substituents is 1. The first kappa shape index (κ1) is 14.8. The van der Waals surface area contributed by atoms with Gasteiger partial charge in [-0.25, -0.2) is 4.79 Å². The molecule has 0 unspecified atom stereocenters. The third-order valence-electron chi connectivity index (χ3n) is 2.49. The van der Waals surface area contributed by atoms with Crippen molar-refractivity contribution < 1.29 is 14.6 Å². The van der Waals surface area contributed by atoms with Crippen LogP contribution in [-0.4, -0.2) is 17.7 Å². The summed E-state index contributed by atoms with van der Waals surface area (Å²) in [5.41, 5.74) is 0.355. The molecule has 0 amide bonds. The van der Waals surface area contributed by atoms with Crippen molar-refractivity contribution in [3.63, 3.8) is 0 Å². The maximum Gasteiger partial charge on any atom is 0.339 e. The molecule has 0 atom stereocenters. The smallest absolute Gasteiger partial charge is 0.339 e. The van der Waals surface area contributed by atoms with Gasteiger partial charge in [-0.1, -0.05) is 29.4 Å². The van der Waals surface area contributed by atoms with Crippen molar-refractivity contribution in [2.24, 2.45) is 0 Å². The van der Waals surface area contributed by atoms with E-state index in [1.165, 1.54) is 11.8 Å². The first-order valence-corrected chi connectivity index (χ1v) is 7.23. The van der Waals surface area contributed by atoms with E-state index in [9.17, 15) is 9.90 Å². The first-order valence-electron chi connectivity index (χ1n) is 6.03. The number of carbonyl (C=O) groups excluding carboxylic acids is 1. The van der Waals surface area contributed by atoms with Crippen molar-refractivity contribution in [1.82, 2.24) is 0 Å². The molecule has 0 heterocycles. The lowest BCUT2D eigenvalue weighted by molar-refractivity contribution is 0.0526. The summed E-state index contributed by atoms with van der Waals surface area (Å²) >= 11 is 7.55. The molecule has 5 heteroatoms. The molecule has 1 N–H and O–H groups in total. The zero-order valence-corrected chi connectivity index (χ0v) is 12.4. The maximum atomic E-state index is 11.6. The van der Waals surface area contributed by atoms with E-state index in [4.69, 9.17) is 16.3 Å². The van der Waals surface area contributed by atoms with Crippen molar-refractivity contribution in [3.8, 4) is 5.75 Å². The number of halogens is 1. The van der Waals surface area contributed by atoms with Crippen LogP contribution in [0.4, 0.5) is 0 Å². The van der Waals surface area contributed by atoms with Gasteiger partial charge in [-0.15, -0.1) is 0 Å². The zero-order valence-electron chi connectivity index (χ0n) is 10.8. The minimum absolute atomic E-state index is 0.212. The van der Waals surface area contributed by atoms with Crippen LogP contribution in [0.5, 0.6) is 5.75 Å². The fraction of sp³-hybridized carbons (Fsp3) is 0.133. The fourth-order valence-corrected chi connectivity index (χ4v) is 2.85. The summed E-state index contributed by atoms with van der Waals surface area (Å²) in [6.45, 7) is 2.06. The van der Waals surface area contributed by atoms with Crippen molar-refractivity contribution in [3.05, 3.63) is 53.1 Å². The van der Waals surface area contributed by atoms with E-state index in [0.717, 1.165) is 9.79 Å². The molecule has 2 aromatic carbocycles. The predicted octanol–water partition coefficient (Wildman–Crippen LogP) is 4.37. The molecule has 0 aromatic heterocycles. The van der Waals surface area contributed by atoms with Crippen LogP contribution in [0.25, 0.3) is 0 Å². The van der Waals surface area contributed by atoms with Crippen molar-refractivity contribution >= 4 is 29.3 Å². The second kappa shape index (κ2) is 6.68. The average Bonchev–Trinajstić information content (AvgIpc) is 2.39. The SMILES string of the molecule is CCOC(=O)c1ccc(Sc2cccc(O)c2)cc1Cl. The molecule has 0 saturated carbocycles. The number of benzene rings is 2. The monoisotopic (exact) mass is 308 g/mol. The quantitative estimate of drug-likeness (QED) is 0.852. The molecule has 2 aromatic rings. The number of rotatable bonds is 4. The van der Waals surface area contributed by atoms with Crippen LogP contribution in [0.15, 0.2) is 52.3 Å². The van der Waals surface area contributed by atoms with Gasteiger partial charge in [0.1, 0.15) is 5.75 Å². The molecule has 0 aliphatic rings. The lowest BCUT2D eigenvalue weighted by Crippen LogP contribution is -2.05. The van der Waals surface area contributed by atoms with Crippen LogP contribution >= 0.6 is 23.4 Å². The zero-order chi connectivity index (χ0) is 14.5. The Hall–Kier alpha value is -1.65. The van der Waals surface area contributed by atoms with Gasteiger partial charge in [0, 0.05) is 9.79 Å². The Kier molecular flexibility index (Phi) is 4.93. The van der Waals surface area contributed by atoms with Crippen LogP contribution in [-0.2, 0) is 4.74 Å². The third kappa shape index (κ3) is 3.68. The Labute approximate surface area is 126 Å². The minimum atomic E-state index is -0.425. The number of ether oxygens (including phenoxy) is 1. The van der Waals surface area contributed by atoms with Gasteiger partial charge in [0.05, 0.1) is 17.2 Å². The van der Waals surface area contributed by atoms with Crippen LogP contribution < -0.4 is 0 Å². The highest BCUT2D eigenvalue weighted by atomic mass is 35.5. The maximum absolute atomic E-state index is 11.6. The molecule has 104 valence electrons. The number of hydrogen-bond donors (Lipinski definition) is 1. The summed E-state index contributed by atoms with van der Waals surface area (Å²) in [6.07, 6.45) is 0. The standard InChI is InChI=1S/C15H13ClO3S/c1-2-19-15(18)13-7-6-12(9-14(13)16)20-11-5-3-4-10(17)8-11/h3-9,17H,2H2,1H3. The minimum Gasteiger partial charge on any atom is -0.508 e. The Morgan fingerprint density at radius 2 is 2.00 bits per heavy atom. The van der Waals surface area contributed by atoms with E-state index in [1.807, 2.05) is 6.07 Å². The average molecular weight is 309 g/mol. The van der Waals surface area contributed by atoms with Gasteiger partial charge >= 0.3 is 5.97 Å². The van der Waals surface area contributed by atoms with Crippen LogP contribution in [0, 0.1) is 0 Å². The molecule has 0 radical (unpaired) electrons. The van der Waals surface area contributed by atoms with E-state index >= 15 is 0 Å². The summed E-state index contributed by atoms with van der Waals surface area (Å²) < 4.78 is 4.92.